The fraction of sp³-hybridized carbons (Fsp3) is 0.125. The van der Waals surface area contributed by atoms with Crippen LogP contribution in [0.25, 0.3) is 21.8 Å². The average Bonchev–Trinajstić information content (AvgIpc) is 3.02. The number of H-pyrrole nitrogens is 1. The summed E-state index contributed by atoms with van der Waals surface area (Å²) in [5.41, 5.74) is -0.437. The van der Waals surface area contributed by atoms with Crippen molar-refractivity contribution in [2.45, 2.75) is 0 Å². The van der Waals surface area contributed by atoms with Gasteiger partial charge in [0.2, 0.25) is 5.88 Å². The van der Waals surface area contributed by atoms with Crippen molar-refractivity contribution in [3.63, 3.8) is 0 Å². The molecule has 10 nitrogen and oxygen atoms in total. The Bertz CT molecular complexity index is 1070. The van der Waals surface area contributed by atoms with Crippen LogP contribution in [-0.4, -0.2) is 52.8 Å². The molecule has 3 N–H and O–H groups in total. The number of methoxy groups -OCH3 is 2. The van der Waals surface area contributed by atoms with Crippen LogP contribution >= 0.6 is 0 Å². The summed E-state index contributed by atoms with van der Waals surface area (Å²) in [5.74, 6) is -2.51. The molecule has 3 aromatic rings. The predicted molar refractivity (Wildman–Crippen MR) is 87.3 cm³/mol. The summed E-state index contributed by atoms with van der Waals surface area (Å²) in [4.78, 5) is 40.4. The predicted octanol–water partition coefficient (Wildman–Crippen LogP) is 1.66. The minimum absolute atomic E-state index is 0.0681. The summed E-state index contributed by atoms with van der Waals surface area (Å²) in [6, 6.07) is 2.37. The van der Waals surface area contributed by atoms with Gasteiger partial charge in [0.15, 0.2) is 11.5 Å². The quantitative estimate of drug-likeness (QED) is 0.558. The third-order valence-electron chi connectivity index (χ3n) is 3.77. The molecule has 10 heteroatoms. The minimum Gasteiger partial charge on any atom is -0.492 e. The number of carbonyl (C=O) groups excluding carboxylic acids is 1. The van der Waals surface area contributed by atoms with E-state index in [4.69, 9.17) is 14.2 Å². The van der Waals surface area contributed by atoms with Crippen LogP contribution in [0.5, 0.6) is 17.4 Å². The van der Waals surface area contributed by atoms with Gasteiger partial charge < -0.3 is 29.4 Å². The number of hydrogen-bond donors (Lipinski definition) is 3. The van der Waals surface area contributed by atoms with Gasteiger partial charge in [-0.2, -0.15) is 0 Å². The first-order valence-corrected chi connectivity index (χ1v) is 7.11. The van der Waals surface area contributed by atoms with Gasteiger partial charge in [-0.1, -0.05) is 0 Å². The molecule has 0 bridgehead atoms. The number of nitrogens with one attached hydrogen (secondary N) is 1. The molecule has 26 heavy (non-hydrogen) atoms. The van der Waals surface area contributed by atoms with Crippen molar-refractivity contribution in [1.29, 1.82) is 0 Å². The number of ether oxygens (including phenoxy) is 3. The van der Waals surface area contributed by atoms with E-state index >= 15 is 0 Å². The number of pyridine rings is 1. The normalized spacial score (nSPS) is 10.7. The summed E-state index contributed by atoms with van der Waals surface area (Å²) in [6.07, 6.45) is 0. The van der Waals surface area contributed by atoms with E-state index in [9.17, 15) is 24.6 Å². The Morgan fingerprint density at radius 3 is 2.35 bits per heavy atom. The van der Waals surface area contributed by atoms with Crippen molar-refractivity contribution in [1.82, 2.24) is 9.97 Å². The Kier molecular flexibility index (Phi) is 4.08. The number of carboxylic acids is 2. The molecule has 134 valence electrons. The Labute approximate surface area is 144 Å². The van der Waals surface area contributed by atoms with Gasteiger partial charge >= 0.3 is 11.9 Å². The SMILES string of the molecule is COc1c(OC)c2[nH]c(C(=O)O)cc(C(=O)O)c2c2nc(OC=O)cc12. The highest BCUT2D eigenvalue weighted by molar-refractivity contribution is 6.19. The van der Waals surface area contributed by atoms with Crippen LogP contribution in [0.1, 0.15) is 20.8 Å². The molecule has 0 aliphatic heterocycles. The van der Waals surface area contributed by atoms with Crippen molar-refractivity contribution in [3.8, 4) is 17.4 Å². The molecular weight excluding hydrogens is 348 g/mol. The van der Waals surface area contributed by atoms with E-state index in [2.05, 4.69) is 9.97 Å². The Morgan fingerprint density at radius 2 is 1.81 bits per heavy atom. The molecule has 0 aliphatic rings. The van der Waals surface area contributed by atoms with Crippen molar-refractivity contribution in [3.05, 3.63) is 23.4 Å². The Morgan fingerprint density at radius 1 is 1.12 bits per heavy atom. The van der Waals surface area contributed by atoms with Gasteiger partial charge in [0.25, 0.3) is 6.47 Å². The number of benzene rings is 1. The third-order valence-corrected chi connectivity index (χ3v) is 3.77. The van der Waals surface area contributed by atoms with Crippen LogP contribution in [0.3, 0.4) is 0 Å². The van der Waals surface area contributed by atoms with Crippen LogP contribution in [0.15, 0.2) is 12.1 Å². The molecule has 0 amide bonds. The first kappa shape index (κ1) is 17.0. The topological polar surface area (TPSA) is 148 Å². The molecule has 2 heterocycles. The molecule has 3 rings (SSSR count). The molecule has 0 fully saturated rings. The highest BCUT2D eigenvalue weighted by Crippen LogP contribution is 2.45. The molecule has 0 unspecified atom stereocenters. The monoisotopic (exact) mass is 360 g/mol. The van der Waals surface area contributed by atoms with Gasteiger partial charge in [0.1, 0.15) is 5.69 Å². The van der Waals surface area contributed by atoms with E-state index < -0.39 is 11.9 Å². The average molecular weight is 360 g/mol. The van der Waals surface area contributed by atoms with Crippen molar-refractivity contribution in [2.75, 3.05) is 14.2 Å². The summed E-state index contributed by atoms with van der Waals surface area (Å²) in [5, 5.41) is 19.2. The van der Waals surface area contributed by atoms with E-state index in [0.29, 0.717) is 5.39 Å². The van der Waals surface area contributed by atoms with Gasteiger partial charge in [0.05, 0.1) is 36.2 Å². The van der Waals surface area contributed by atoms with Crippen LogP contribution in [0.2, 0.25) is 0 Å². The summed E-state index contributed by atoms with van der Waals surface area (Å²) < 4.78 is 15.4. The van der Waals surface area contributed by atoms with Gasteiger partial charge in [-0.05, 0) is 6.07 Å². The first-order chi connectivity index (χ1) is 12.4. The highest BCUT2D eigenvalue weighted by Gasteiger charge is 2.25. The fourth-order valence-corrected chi connectivity index (χ4v) is 2.79. The maximum Gasteiger partial charge on any atom is 0.352 e. The maximum absolute atomic E-state index is 11.7. The van der Waals surface area contributed by atoms with Gasteiger partial charge in [-0.3, -0.25) is 4.79 Å². The molecule has 0 saturated carbocycles. The van der Waals surface area contributed by atoms with Crippen LogP contribution in [-0.2, 0) is 4.79 Å². The van der Waals surface area contributed by atoms with E-state index in [1.165, 1.54) is 20.3 Å². The lowest BCUT2D eigenvalue weighted by Crippen LogP contribution is -2.08. The summed E-state index contributed by atoms with van der Waals surface area (Å²) in [7, 11) is 2.68. The smallest absolute Gasteiger partial charge is 0.352 e. The Hall–Kier alpha value is -3.82. The van der Waals surface area contributed by atoms with Crippen molar-refractivity contribution >= 4 is 40.2 Å². The maximum atomic E-state index is 11.7. The lowest BCUT2D eigenvalue weighted by Gasteiger charge is -2.14. The molecule has 1 aromatic carbocycles. The molecule has 0 atom stereocenters. The number of aromatic carboxylic acids is 2. The lowest BCUT2D eigenvalue weighted by molar-refractivity contribution is -0.120. The lowest BCUT2D eigenvalue weighted by atomic mass is 10.0. The second-order valence-electron chi connectivity index (χ2n) is 5.09. The number of aromatic amines is 1. The molecule has 0 aliphatic carbocycles. The largest absolute Gasteiger partial charge is 0.492 e. The Balaban J connectivity index is 2.60. The van der Waals surface area contributed by atoms with Gasteiger partial charge in [-0.15, -0.1) is 0 Å². The minimum atomic E-state index is -1.36. The van der Waals surface area contributed by atoms with Crippen molar-refractivity contribution < 1.29 is 38.8 Å². The standard InChI is InChI=1S/C16H12N2O8/c1-24-13-7-4-9(26-5-19)18-11(7)10-6(15(20)21)3-8(16(22)23)17-12(10)14(13)25-2/h3-5,17H,1-2H3,(H,20,21)(H,22,23). The van der Waals surface area contributed by atoms with E-state index in [1.54, 1.807) is 0 Å². The summed E-state index contributed by atoms with van der Waals surface area (Å²) in [6.45, 7) is 0.180. The number of rotatable bonds is 6. The van der Waals surface area contributed by atoms with Crippen LogP contribution in [0, 0.1) is 0 Å². The van der Waals surface area contributed by atoms with Crippen LogP contribution in [0.4, 0.5) is 0 Å². The van der Waals surface area contributed by atoms with E-state index in [-0.39, 0.29) is 51.5 Å². The van der Waals surface area contributed by atoms with E-state index in [0.717, 1.165) is 6.07 Å². The number of fused-ring (bicyclic) bond motifs is 3. The number of hydrogen-bond acceptors (Lipinski definition) is 7. The third kappa shape index (κ3) is 2.44. The summed E-state index contributed by atoms with van der Waals surface area (Å²) >= 11 is 0. The number of nitrogens with zero attached hydrogens (tertiary/aromatic N) is 1. The van der Waals surface area contributed by atoms with Crippen LogP contribution < -0.4 is 14.2 Å². The molecule has 0 radical (unpaired) electrons. The molecule has 0 spiro atoms. The zero-order chi connectivity index (χ0) is 19.0. The fourth-order valence-electron chi connectivity index (χ4n) is 2.79. The van der Waals surface area contributed by atoms with Gasteiger partial charge in [0, 0.05) is 11.5 Å². The van der Waals surface area contributed by atoms with Crippen molar-refractivity contribution in [2.24, 2.45) is 0 Å². The number of carboxylic acid groups (broad SMARTS) is 2. The second kappa shape index (κ2) is 6.24. The second-order valence-corrected chi connectivity index (χ2v) is 5.09. The van der Waals surface area contributed by atoms with E-state index in [1.807, 2.05) is 0 Å². The molecular formula is C16H12N2O8. The molecule has 0 saturated heterocycles. The molecule has 2 aromatic heterocycles. The zero-order valence-corrected chi connectivity index (χ0v) is 13.5. The van der Waals surface area contributed by atoms with Gasteiger partial charge in [-0.25, -0.2) is 14.6 Å². The zero-order valence-electron chi connectivity index (χ0n) is 13.5. The first-order valence-electron chi connectivity index (χ1n) is 7.11. The highest BCUT2D eigenvalue weighted by atomic mass is 16.5. The number of carbonyl (C=O) groups is 3. The number of aromatic nitrogens is 2.